The predicted octanol–water partition coefficient (Wildman–Crippen LogP) is 1.33. The molecule has 1 rings (SSSR count). The molecule has 124 valence electrons. The standard InChI is InChI=1S/C16H33N3O2/c1-7-17-16(3,15(20)21-6)11-13(2)19-10-8-9-14(19)12-18(4)5/h13-14,17H,7-12H2,1-6H3. The van der Waals surface area contributed by atoms with Crippen molar-refractivity contribution >= 4 is 5.97 Å². The maximum absolute atomic E-state index is 12.1. The number of likely N-dealkylation sites (N-methyl/N-ethyl adjacent to an activating group) is 2. The van der Waals surface area contributed by atoms with Crippen LogP contribution in [0.2, 0.25) is 0 Å². The van der Waals surface area contributed by atoms with Crippen molar-refractivity contribution in [3.63, 3.8) is 0 Å². The van der Waals surface area contributed by atoms with E-state index in [4.69, 9.17) is 4.74 Å². The van der Waals surface area contributed by atoms with Crippen LogP contribution < -0.4 is 5.32 Å². The highest BCUT2D eigenvalue weighted by atomic mass is 16.5. The number of nitrogens with one attached hydrogen (secondary N) is 1. The van der Waals surface area contributed by atoms with Crippen molar-refractivity contribution < 1.29 is 9.53 Å². The Morgan fingerprint density at radius 3 is 2.71 bits per heavy atom. The quantitative estimate of drug-likeness (QED) is 0.685. The molecule has 1 heterocycles. The van der Waals surface area contributed by atoms with Gasteiger partial charge in [0, 0.05) is 18.6 Å². The SMILES string of the molecule is CCNC(C)(CC(C)N1CCCC1CN(C)C)C(=O)OC. The van der Waals surface area contributed by atoms with Crippen LogP contribution in [0.25, 0.3) is 0 Å². The maximum Gasteiger partial charge on any atom is 0.325 e. The van der Waals surface area contributed by atoms with Gasteiger partial charge in [-0.3, -0.25) is 9.69 Å². The van der Waals surface area contributed by atoms with Gasteiger partial charge in [0.05, 0.1) is 7.11 Å². The van der Waals surface area contributed by atoms with E-state index in [1.807, 2.05) is 13.8 Å². The van der Waals surface area contributed by atoms with Gasteiger partial charge < -0.3 is 15.0 Å². The minimum atomic E-state index is -0.603. The molecule has 0 aliphatic carbocycles. The third-order valence-electron chi connectivity index (χ3n) is 4.47. The smallest absolute Gasteiger partial charge is 0.325 e. The fraction of sp³-hybridized carbons (Fsp3) is 0.938. The molecule has 1 N–H and O–H groups in total. The number of carbonyl (C=O) groups is 1. The average molecular weight is 299 g/mol. The van der Waals surface area contributed by atoms with Crippen LogP contribution in [0, 0.1) is 0 Å². The van der Waals surface area contributed by atoms with Gasteiger partial charge >= 0.3 is 5.97 Å². The van der Waals surface area contributed by atoms with Crippen molar-refractivity contribution in [1.29, 1.82) is 0 Å². The Kier molecular flexibility index (Phi) is 7.10. The van der Waals surface area contributed by atoms with Crippen molar-refractivity contribution in [3.8, 4) is 0 Å². The van der Waals surface area contributed by atoms with Gasteiger partial charge in [-0.15, -0.1) is 0 Å². The number of ether oxygens (including phenoxy) is 1. The third kappa shape index (κ3) is 4.94. The van der Waals surface area contributed by atoms with Crippen LogP contribution in [-0.4, -0.2) is 74.2 Å². The first-order valence-electron chi connectivity index (χ1n) is 8.08. The molecule has 1 saturated heterocycles. The average Bonchev–Trinajstić information content (AvgIpc) is 2.85. The summed E-state index contributed by atoms with van der Waals surface area (Å²) in [4.78, 5) is 16.9. The first-order chi connectivity index (χ1) is 9.84. The molecule has 21 heavy (non-hydrogen) atoms. The fourth-order valence-corrected chi connectivity index (χ4v) is 3.61. The highest BCUT2D eigenvalue weighted by Crippen LogP contribution is 2.25. The number of methoxy groups -OCH3 is 1. The van der Waals surface area contributed by atoms with Crippen molar-refractivity contribution in [2.75, 3.05) is 40.8 Å². The van der Waals surface area contributed by atoms with E-state index >= 15 is 0 Å². The highest BCUT2D eigenvalue weighted by molar-refractivity contribution is 5.80. The Balaban J connectivity index is 2.72. The summed E-state index contributed by atoms with van der Waals surface area (Å²) in [6, 6.07) is 0.958. The molecule has 0 aromatic heterocycles. The molecule has 0 spiro atoms. The number of hydrogen-bond acceptors (Lipinski definition) is 5. The normalized spacial score (nSPS) is 24.0. The van der Waals surface area contributed by atoms with Gasteiger partial charge in [-0.05, 0) is 60.3 Å². The van der Waals surface area contributed by atoms with E-state index in [0.717, 1.165) is 26.1 Å². The second kappa shape index (κ2) is 8.11. The molecule has 5 heteroatoms. The van der Waals surface area contributed by atoms with Crippen molar-refractivity contribution in [3.05, 3.63) is 0 Å². The molecule has 0 aromatic carbocycles. The molecule has 3 atom stereocenters. The predicted molar refractivity (Wildman–Crippen MR) is 86.5 cm³/mol. The van der Waals surface area contributed by atoms with E-state index in [9.17, 15) is 4.79 Å². The Bertz CT molecular complexity index is 335. The lowest BCUT2D eigenvalue weighted by Gasteiger charge is -2.37. The summed E-state index contributed by atoms with van der Waals surface area (Å²) in [6.07, 6.45) is 3.27. The van der Waals surface area contributed by atoms with Gasteiger partial charge in [0.2, 0.25) is 0 Å². The monoisotopic (exact) mass is 299 g/mol. The minimum Gasteiger partial charge on any atom is -0.468 e. The Labute approximate surface area is 130 Å². The summed E-state index contributed by atoms with van der Waals surface area (Å²) in [7, 11) is 5.71. The molecule has 1 aliphatic heterocycles. The van der Waals surface area contributed by atoms with Crippen LogP contribution >= 0.6 is 0 Å². The van der Waals surface area contributed by atoms with Gasteiger partial charge in [-0.25, -0.2) is 0 Å². The number of nitrogens with zero attached hydrogens (tertiary/aromatic N) is 2. The van der Waals surface area contributed by atoms with Crippen LogP contribution in [0.4, 0.5) is 0 Å². The van der Waals surface area contributed by atoms with Gasteiger partial charge in [0.25, 0.3) is 0 Å². The van der Waals surface area contributed by atoms with Crippen molar-refractivity contribution in [1.82, 2.24) is 15.1 Å². The van der Waals surface area contributed by atoms with Crippen LogP contribution in [0.1, 0.15) is 40.0 Å². The van der Waals surface area contributed by atoms with Crippen molar-refractivity contribution in [2.24, 2.45) is 0 Å². The largest absolute Gasteiger partial charge is 0.468 e. The lowest BCUT2D eigenvalue weighted by Crippen LogP contribution is -2.55. The van der Waals surface area contributed by atoms with E-state index in [1.54, 1.807) is 0 Å². The summed E-state index contributed by atoms with van der Waals surface area (Å²) < 4.78 is 4.99. The zero-order valence-electron chi connectivity index (χ0n) is 14.6. The number of likely N-dealkylation sites (tertiary alicyclic amines) is 1. The van der Waals surface area contributed by atoms with E-state index in [0.29, 0.717) is 12.1 Å². The summed E-state index contributed by atoms with van der Waals surface area (Å²) in [5.41, 5.74) is -0.603. The molecule has 0 bridgehead atoms. The van der Waals surface area contributed by atoms with Crippen LogP contribution in [0.15, 0.2) is 0 Å². The summed E-state index contributed by atoms with van der Waals surface area (Å²) in [5, 5.41) is 3.31. The van der Waals surface area contributed by atoms with Crippen molar-refractivity contribution in [2.45, 2.75) is 57.7 Å². The van der Waals surface area contributed by atoms with Crippen LogP contribution in [0.3, 0.4) is 0 Å². The molecule has 0 radical (unpaired) electrons. The molecule has 0 saturated carbocycles. The molecule has 5 nitrogen and oxygen atoms in total. The minimum absolute atomic E-state index is 0.167. The van der Waals surface area contributed by atoms with E-state index in [-0.39, 0.29) is 5.97 Å². The van der Waals surface area contributed by atoms with Gasteiger partial charge in [0.1, 0.15) is 5.54 Å². The Morgan fingerprint density at radius 1 is 1.52 bits per heavy atom. The molecule has 1 aliphatic rings. The van der Waals surface area contributed by atoms with Gasteiger partial charge in [-0.1, -0.05) is 6.92 Å². The number of hydrogen-bond donors (Lipinski definition) is 1. The maximum atomic E-state index is 12.1. The van der Waals surface area contributed by atoms with Crippen LogP contribution in [-0.2, 0) is 9.53 Å². The molecular weight excluding hydrogens is 266 g/mol. The van der Waals surface area contributed by atoms with E-state index in [1.165, 1.54) is 20.0 Å². The number of carbonyl (C=O) groups excluding carboxylic acids is 1. The first kappa shape index (κ1) is 18.4. The summed E-state index contributed by atoms with van der Waals surface area (Å²) in [5.74, 6) is -0.167. The molecule has 3 unspecified atom stereocenters. The second-order valence-electron chi connectivity index (χ2n) is 6.70. The van der Waals surface area contributed by atoms with E-state index in [2.05, 4.69) is 36.1 Å². The third-order valence-corrected chi connectivity index (χ3v) is 4.47. The first-order valence-corrected chi connectivity index (χ1v) is 8.08. The number of rotatable bonds is 8. The zero-order valence-corrected chi connectivity index (χ0v) is 14.6. The number of esters is 1. The second-order valence-corrected chi connectivity index (χ2v) is 6.70. The lowest BCUT2D eigenvalue weighted by molar-refractivity contribution is -0.148. The lowest BCUT2D eigenvalue weighted by atomic mass is 9.92. The molecule has 1 fully saturated rings. The topological polar surface area (TPSA) is 44.8 Å². The molecular formula is C16H33N3O2. The molecule has 0 aromatic rings. The van der Waals surface area contributed by atoms with Gasteiger partial charge in [-0.2, -0.15) is 0 Å². The summed E-state index contributed by atoms with van der Waals surface area (Å²) in [6.45, 7) is 9.18. The molecule has 0 amide bonds. The zero-order chi connectivity index (χ0) is 16.0. The van der Waals surface area contributed by atoms with E-state index < -0.39 is 5.54 Å². The van der Waals surface area contributed by atoms with Crippen LogP contribution in [0.5, 0.6) is 0 Å². The summed E-state index contributed by atoms with van der Waals surface area (Å²) >= 11 is 0. The highest BCUT2D eigenvalue weighted by Gasteiger charge is 2.38. The Hall–Kier alpha value is -0.650. The Morgan fingerprint density at radius 2 is 2.19 bits per heavy atom. The fourth-order valence-electron chi connectivity index (χ4n) is 3.61. The van der Waals surface area contributed by atoms with Gasteiger partial charge in [0.15, 0.2) is 0 Å².